The van der Waals surface area contributed by atoms with Crippen molar-refractivity contribution < 1.29 is 9.53 Å². The molecule has 4 aromatic rings. The first-order chi connectivity index (χ1) is 15.7. The Morgan fingerprint density at radius 2 is 2.00 bits per heavy atom. The van der Waals surface area contributed by atoms with Crippen LogP contribution in [0.1, 0.15) is 34.6 Å². The maximum atomic E-state index is 13.3. The van der Waals surface area contributed by atoms with Crippen LogP contribution in [-0.4, -0.2) is 37.4 Å². The Kier molecular flexibility index (Phi) is 5.48. The second kappa shape index (κ2) is 8.58. The van der Waals surface area contributed by atoms with Crippen LogP contribution >= 0.6 is 11.8 Å². The third-order valence-corrected chi connectivity index (χ3v) is 6.47. The van der Waals surface area contributed by atoms with Gasteiger partial charge in [-0.3, -0.25) is 14.0 Å². The summed E-state index contributed by atoms with van der Waals surface area (Å²) in [5, 5.41) is 5.63. The number of hydrogen-bond donors (Lipinski definition) is 0. The lowest BCUT2D eigenvalue weighted by molar-refractivity contribution is 0.0598. The van der Waals surface area contributed by atoms with Crippen molar-refractivity contribution in [3.05, 3.63) is 76.0 Å². The highest BCUT2D eigenvalue weighted by atomic mass is 32.2. The first-order valence-electron chi connectivity index (χ1n) is 10.4. The van der Waals surface area contributed by atoms with Crippen LogP contribution in [0.25, 0.3) is 16.7 Å². The molecule has 5 rings (SSSR count). The average molecular weight is 448 g/mol. The molecule has 1 aromatic carbocycles. The molecule has 8 nitrogen and oxygen atoms in total. The third-order valence-electron chi connectivity index (χ3n) is 5.52. The molecule has 0 fully saturated rings. The number of hydrogen-bond acceptors (Lipinski definition) is 7. The van der Waals surface area contributed by atoms with E-state index in [4.69, 9.17) is 4.74 Å². The van der Waals surface area contributed by atoms with Crippen LogP contribution in [0.3, 0.4) is 0 Å². The second-order valence-corrected chi connectivity index (χ2v) is 8.42. The standard InChI is InChI=1S/C23H21N5O3S/c1-31-22(30)19-17(26-27-13-6-5-11-18(19)27)14-32-23-25-20-16(10-7-12-24-20)21(29)28(23)15-8-3-2-4-9-15/h2-4,7-10,12H,5-6,11,13-14H2,1H3. The van der Waals surface area contributed by atoms with Gasteiger partial charge in [-0.05, 0) is 43.5 Å². The molecule has 162 valence electrons. The molecule has 0 unspecified atom stereocenters. The van der Waals surface area contributed by atoms with Gasteiger partial charge in [0.25, 0.3) is 5.56 Å². The highest BCUT2D eigenvalue weighted by Gasteiger charge is 2.26. The number of benzene rings is 1. The number of pyridine rings is 1. The van der Waals surface area contributed by atoms with Crippen molar-refractivity contribution in [1.82, 2.24) is 24.3 Å². The fourth-order valence-corrected chi connectivity index (χ4v) is 4.96. The zero-order valence-corrected chi connectivity index (χ0v) is 18.3. The molecule has 0 amide bonds. The Bertz CT molecular complexity index is 1360. The van der Waals surface area contributed by atoms with Gasteiger partial charge >= 0.3 is 5.97 Å². The summed E-state index contributed by atoms with van der Waals surface area (Å²) in [4.78, 5) is 34.8. The van der Waals surface area contributed by atoms with E-state index >= 15 is 0 Å². The summed E-state index contributed by atoms with van der Waals surface area (Å²) < 4.78 is 8.53. The zero-order chi connectivity index (χ0) is 22.1. The van der Waals surface area contributed by atoms with E-state index in [0.717, 1.165) is 37.2 Å². The molecule has 0 spiro atoms. The number of aromatic nitrogens is 5. The van der Waals surface area contributed by atoms with Gasteiger partial charge in [0.15, 0.2) is 10.8 Å². The van der Waals surface area contributed by atoms with Crippen molar-refractivity contribution in [2.75, 3.05) is 7.11 Å². The maximum Gasteiger partial charge on any atom is 0.341 e. The predicted molar refractivity (Wildman–Crippen MR) is 121 cm³/mol. The number of aryl methyl sites for hydroxylation is 1. The fraction of sp³-hybridized carbons (Fsp3) is 0.261. The molecule has 0 radical (unpaired) electrons. The van der Waals surface area contributed by atoms with Gasteiger partial charge in [-0.15, -0.1) is 0 Å². The van der Waals surface area contributed by atoms with Crippen molar-refractivity contribution >= 4 is 28.8 Å². The summed E-state index contributed by atoms with van der Waals surface area (Å²) in [5.74, 6) is -0.000435. The second-order valence-electron chi connectivity index (χ2n) is 7.47. The van der Waals surface area contributed by atoms with Crippen molar-refractivity contribution in [2.45, 2.75) is 36.7 Å². The molecule has 0 saturated carbocycles. The summed E-state index contributed by atoms with van der Waals surface area (Å²) in [6.07, 6.45) is 4.48. The molecule has 0 bridgehead atoms. The molecule has 0 aliphatic carbocycles. The highest BCUT2D eigenvalue weighted by Crippen LogP contribution is 2.29. The molecule has 3 aromatic heterocycles. The van der Waals surface area contributed by atoms with Gasteiger partial charge in [0, 0.05) is 18.5 Å². The monoisotopic (exact) mass is 447 g/mol. The summed E-state index contributed by atoms with van der Waals surface area (Å²) in [6, 6.07) is 12.8. The van der Waals surface area contributed by atoms with E-state index < -0.39 is 0 Å². The molecule has 32 heavy (non-hydrogen) atoms. The van der Waals surface area contributed by atoms with E-state index in [-0.39, 0.29) is 11.5 Å². The first-order valence-corrected chi connectivity index (χ1v) is 11.4. The number of rotatable bonds is 5. The lowest BCUT2D eigenvalue weighted by atomic mass is 10.1. The fourth-order valence-electron chi connectivity index (χ4n) is 4.02. The van der Waals surface area contributed by atoms with E-state index in [1.807, 2.05) is 35.0 Å². The van der Waals surface area contributed by atoms with Crippen molar-refractivity contribution in [2.24, 2.45) is 0 Å². The lowest BCUT2D eigenvalue weighted by Gasteiger charge is -2.13. The first kappa shape index (κ1) is 20.4. The number of fused-ring (bicyclic) bond motifs is 2. The van der Waals surface area contributed by atoms with Gasteiger partial charge in [-0.1, -0.05) is 30.0 Å². The molecule has 0 saturated heterocycles. The lowest BCUT2D eigenvalue weighted by Crippen LogP contribution is -2.22. The Morgan fingerprint density at radius 1 is 1.16 bits per heavy atom. The molecule has 9 heteroatoms. The minimum absolute atomic E-state index is 0.186. The van der Waals surface area contributed by atoms with Gasteiger partial charge < -0.3 is 4.74 Å². The number of carbonyl (C=O) groups is 1. The van der Waals surface area contributed by atoms with Crippen LogP contribution in [-0.2, 0) is 23.5 Å². The normalized spacial score (nSPS) is 13.2. The van der Waals surface area contributed by atoms with E-state index in [1.54, 1.807) is 22.9 Å². The minimum Gasteiger partial charge on any atom is -0.465 e. The van der Waals surface area contributed by atoms with Gasteiger partial charge in [-0.25, -0.2) is 14.8 Å². The van der Waals surface area contributed by atoms with E-state index in [1.165, 1.54) is 18.9 Å². The zero-order valence-electron chi connectivity index (χ0n) is 17.5. The van der Waals surface area contributed by atoms with Crippen LogP contribution in [0.2, 0.25) is 0 Å². The summed E-state index contributed by atoms with van der Waals surface area (Å²) in [5.41, 5.74) is 3.03. The molecule has 4 heterocycles. The van der Waals surface area contributed by atoms with Gasteiger partial charge in [0.2, 0.25) is 0 Å². The smallest absolute Gasteiger partial charge is 0.341 e. The number of ether oxygens (including phenoxy) is 1. The molecular weight excluding hydrogens is 426 g/mol. The van der Waals surface area contributed by atoms with Crippen LogP contribution in [0.15, 0.2) is 58.6 Å². The molecule has 0 atom stereocenters. The van der Waals surface area contributed by atoms with Crippen LogP contribution in [0.5, 0.6) is 0 Å². The van der Waals surface area contributed by atoms with E-state index in [0.29, 0.717) is 33.2 Å². The van der Waals surface area contributed by atoms with Gasteiger partial charge in [0.05, 0.1) is 29.6 Å². The predicted octanol–water partition coefficient (Wildman–Crippen LogP) is 3.39. The number of nitrogens with zero attached hydrogens (tertiary/aromatic N) is 5. The summed E-state index contributed by atoms with van der Waals surface area (Å²) >= 11 is 1.36. The Hall–Kier alpha value is -3.46. The van der Waals surface area contributed by atoms with Crippen LogP contribution in [0.4, 0.5) is 0 Å². The van der Waals surface area contributed by atoms with Crippen LogP contribution < -0.4 is 5.56 Å². The maximum absolute atomic E-state index is 13.3. The molecular formula is C23H21N5O3S. The topological polar surface area (TPSA) is 91.9 Å². The number of carbonyl (C=O) groups excluding carboxylic acids is 1. The van der Waals surface area contributed by atoms with E-state index in [9.17, 15) is 9.59 Å². The molecule has 1 aliphatic heterocycles. The average Bonchev–Trinajstić information content (AvgIpc) is 3.21. The van der Waals surface area contributed by atoms with Crippen molar-refractivity contribution in [3.63, 3.8) is 0 Å². The molecule has 0 N–H and O–H groups in total. The SMILES string of the molecule is COC(=O)c1c(CSc2nc3ncccc3c(=O)n2-c2ccccc2)nn2c1CCCC2. The summed E-state index contributed by atoms with van der Waals surface area (Å²) in [6.45, 7) is 0.789. The van der Waals surface area contributed by atoms with Crippen molar-refractivity contribution in [1.29, 1.82) is 0 Å². The number of esters is 1. The number of methoxy groups -OCH3 is 1. The summed E-state index contributed by atoms with van der Waals surface area (Å²) in [7, 11) is 1.38. The Labute approximate surface area is 188 Å². The largest absolute Gasteiger partial charge is 0.465 e. The third kappa shape index (κ3) is 3.58. The van der Waals surface area contributed by atoms with Gasteiger partial charge in [0.1, 0.15) is 5.56 Å². The van der Waals surface area contributed by atoms with Gasteiger partial charge in [-0.2, -0.15) is 5.10 Å². The number of thioether (sulfide) groups is 1. The van der Waals surface area contributed by atoms with E-state index in [2.05, 4.69) is 15.1 Å². The molecule has 1 aliphatic rings. The Morgan fingerprint density at radius 3 is 2.81 bits per heavy atom. The highest BCUT2D eigenvalue weighted by molar-refractivity contribution is 7.98. The number of para-hydroxylation sites is 1. The Balaban J connectivity index is 1.59. The van der Waals surface area contributed by atoms with Crippen LogP contribution in [0, 0.1) is 0 Å². The quantitative estimate of drug-likeness (QED) is 0.263. The minimum atomic E-state index is -0.377. The van der Waals surface area contributed by atoms with Crippen molar-refractivity contribution in [3.8, 4) is 5.69 Å².